The van der Waals surface area contributed by atoms with E-state index in [9.17, 15) is 4.79 Å². The van der Waals surface area contributed by atoms with Crippen LogP contribution in [0.5, 0.6) is 0 Å². The molecule has 2 fully saturated rings. The van der Waals surface area contributed by atoms with Crippen LogP contribution in [0, 0.1) is 11.8 Å². The van der Waals surface area contributed by atoms with Gasteiger partial charge in [0, 0.05) is 43.7 Å². The molecule has 0 saturated carbocycles. The van der Waals surface area contributed by atoms with Crippen LogP contribution in [0.4, 0.5) is 0 Å². The van der Waals surface area contributed by atoms with Crippen molar-refractivity contribution < 1.29 is 4.79 Å². The number of aliphatic imine (C=N–C) groups is 1. The number of likely N-dealkylation sites (tertiary alicyclic amines) is 1. The molecule has 3 N–H and O–H groups in total. The number of carbonyl (C=O) groups excluding carboxylic acids is 1. The average molecular weight is 512 g/mol. The van der Waals surface area contributed by atoms with Gasteiger partial charge in [0.15, 0.2) is 5.96 Å². The van der Waals surface area contributed by atoms with Crippen LogP contribution < -0.4 is 11.1 Å². The normalized spacial score (nSPS) is 24.6. The van der Waals surface area contributed by atoms with Crippen molar-refractivity contribution >= 4 is 47.6 Å². The van der Waals surface area contributed by atoms with Gasteiger partial charge in [-0.2, -0.15) is 11.8 Å². The number of amides is 1. The molecular formula is C19H38IN5OS. The van der Waals surface area contributed by atoms with E-state index in [1.807, 2.05) is 0 Å². The van der Waals surface area contributed by atoms with Crippen molar-refractivity contribution in [2.24, 2.45) is 22.6 Å². The molecule has 8 heteroatoms. The van der Waals surface area contributed by atoms with E-state index in [1.54, 1.807) is 0 Å². The number of nitrogens with zero attached hydrogens (tertiary/aromatic N) is 3. The summed E-state index contributed by atoms with van der Waals surface area (Å²) in [7, 11) is 0. The van der Waals surface area contributed by atoms with Crippen molar-refractivity contribution in [3.8, 4) is 0 Å². The molecule has 2 aliphatic heterocycles. The van der Waals surface area contributed by atoms with Crippen LogP contribution in [0.2, 0.25) is 0 Å². The number of primary amides is 1. The first-order valence-corrected chi connectivity index (χ1v) is 11.2. The minimum Gasteiger partial charge on any atom is -0.369 e. The van der Waals surface area contributed by atoms with Gasteiger partial charge in [0.2, 0.25) is 5.91 Å². The van der Waals surface area contributed by atoms with Crippen LogP contribution >= 0.6 is 35.7 Å². The van der Waals surface area contributed by atoms with Crippen LogP contribution in [0.15, 0.2) is 4.99 Å². The second-order valence-electron chi connectivity index (χ2n) is 7.73. The number of carbonyl (C=O) groups is 1. The third-order valence-corrected chi connectivity index (χ3v) is 6.81. The molecule has 2 unspecified atom stereocenters. The lowest BCUT2D eigenvalue weighted by molar-refractivity contribution is -0.123. The summed E-state index contributed by atoms with van der Waals surface area (Å²) in [6.07, 6.45) is 3.04. The standard InChI is InChI=1S/C19H37N5OS.HI/c1-4-21-19(24-11-12-26-17(14-24)15(2)3)22-8-6-10-23-9-5-7-16(13-23)18(20)25;/h15-17H,4-14H2,1-3H3,(H2,20,25)(H,21,22);1H. The molecule has 0 spiro atoms. The molecule has 1 amide bonds. The number of rotatable bonds is 7. The summed E-state index contributed by atoms with van der Waals surface area (Å²) >= 11 is 2.09. The smallest absolute Gasteiger partial charge is 0.221 e. The number of nitrogens with one attached hydrogen (secondary N) is 1. The lowest BCUT2D eigenvalue weighted by Crippen LogP contribution is -2.49. The summed E-state index contributed by atoms with van der Waals surface area (Å²) in [5, 5.41) is 4.15. The Morgan fingerprint density at radius 1 is 1.33 bits per heavy atom. The third-order valence-electron chi connectivity index (χ3n) is 5.27. The molecule has 0 bridgehead atoms. The molecule has 2 aliphatic rings. The molecule has 158 valence electrons. The van der Waals surface area contributed by atoms with Crippen LogP contribution in [-0.4, -0.2) is 78.5 Å². The highest BCUT2D eigenvalue weighted by Gasteiger charge is 2.25. The summed E-state index contributed by atoms with van der Waals surface area (Å²) in [6, 6.07) is 0. The van der Waals surface area contributed by atoms with Crippen molar-refractivity contribution in [3.05, 3.63) is 0 Å². The van der Waals surface area contributed by atoms with Crippen LogP contribution in [0.25, 0.3) is 0 Å². The van der Waals surface area contributed by atoms with Gasteiger partial charge in [-0.3, -0.25) is 9.79 Å². The number of nitrogens with two attached hydrogens (primary N) is 1. The number of guanidine groups is 1. The molecule has 2 heterocycles. The Labute approximate surface area is 186 Å². The Morgan fingerprint density at radius 2 is 2.11 bits per heavy atom. The molecule has 2 atom stereocenters. The zero-order valence-electron chi connectivity index (χ0n) is 17.2. The van der Waals surface area contributed by atoms with E-state index in [-0.39, 0.29) is 35.8 Å². The summed E-state index contributed by atoms with van der Waals surface area (Å²) in [5.41, 5.74) is 5.47. The van der Waals surface area contributed by atoms with E-state index < -0.39 is 0 Å². The van der Waals surface area contributed by atoms with E-state index in [0.29, 0.717) is 11.2 Å². The fourth-order valence-electron chi connectivity index (χ4n) is 3.67. The lowest BCUT2D eigenvalue weighted by atomic mass is 9.97. The summed E-state index contributed by atoms with van der Waals surface area (Å²) in [5.74, 6) is 2.82. The Balaban J connectivity index is 0.00000364. The van der Waals surface area contributed by atoms with Gasteiger partial charge < -0.3 is 20.9 Å². The highest BCUT2D eigenvalue weighted by atomic mass is 127. The van der Waals surface area contributed by atoms with E-state index in [2.05, 4.69) is 47.6 Å². The third kappa shape index (κ3) is 8.35. The van der Waals surface area contributed by atoms with Crippen molar-refractivity contribution in [1.82, 2.24) is 15.1 Å². The first-order valence-electron chi connectivity index (χ1n) is 10.2. The highest BCUT2D eigenvalue weighted by Crippen LogP contribution is 2.24. The van der Waals surface area contributed by atoms with E-state index in [4.69, 9.17) is 10.7 Å². The largest absolute Gasteiger partial charge is 0.369 e. The first kappa shape index (κ1) is 24.8. The molecular weight excluding hydrogens is 473 g/mol. The highest BCUT2D eigenvalue weighted by molar-refractivity contribution is 14.0. The maximum atomic E-state index is 11.4. The van der Waals surface area contributed by atoms with Gasteiger partial charge in [0.05, 0.1) is 5.92 Å². The molecule has 0 aliphatic carbocycles. The molecule has 0 aromatic heterocycles. The number of hydrogen-bond acceptors (Lipinski definition) is 4. The summed E-state index contributed by atoms with van der Waals surface area (Å²) in [4.78, 5) is 21.1. The fraction of sp³-hybridized carbons (Fsp3) is 0.895. The van der Waals surface area contributed by atoms with Crippen molar-refractivity contribution in [2.75, 3.05) is 51.6 Å². The van der Waals surface area contributed by atoms with Gasteiger partial charge in [-0.05, 0) is 45.2 Å². The first-order chi connectivity index (χ1) is 12.5. The minimum atomic E-state index is -0.148. The zero-order chi connectivity index (χ0) is 18.9. The van der Waals surface area contributed by atoms with Gasteiger partial charge in [0.25, 0.3) is 0 Å². The van der Waals surface area contributed by atoms with Crippen LogP contribution in [-0.2, 0) is 4.79 Å². The average Bonchev–Trinajstić information content (AvgIpc) is 2.64. The number of halogens is 1. The Hall–Kier alpha value is -0.220. The second kappa shape index (κ2) is 13.1. The summed E-state index contributed by atoms with van der Waals surface area (Å²) in [6.45, 7) is 13.5. The lowest BCUT2D eigenvalue weighted by Gasteiger charge is -2.36. The molecule has 0 aromatic rings. The molecule has 2 rings (SSSR count). The fourth-order valence-corrected chi connectivity index (χ4v) is 4.97. The van der Waals surface area contributed by atoms with E-state index in [1.165, 1.54) is 5.75 Å². The predicted molar refractivity (Wildman–Crippen MR) is 127 cm³/mol. The second-order valence-corrected chi connectivity index (χ2v) is 9.08. The maximum absolute atomic E-state index is 11.4. The van der Waals surface area contributed by atoms with Crippen molar-refractivity contribution in [3.63, 3.8) is 0 Å². The SMILES string of the molecule is CCNC(=NCCCN1CCCC(C(N)=O)C1)N1CCSC(C(C)C)C1.I. The number of piperidine rings is 1. The molecule has 6 nitrogen and oxygen atoms in total. The Bertz CT molecular complexity index is 477. The van der Waals surface area contributed by atoms with Crippen molar-refractivity contribution in [2.45, 2.75) is 45.3 Å². The van der Waals surface area contributed by atoms with Gasteiger partial charge >= 0.3 is 0 Å². The monoisotopic (exact) mass is 511 g/mol. The minimum absolute atomic E-state index is 0. The van der Waals surface area contributed by atoms with Crippen molar-refractivity contribution in [1.29, 1.82) is 0 Å². The van der Waals surface area contributed by atoms with Crippen LogP contribution in [0.3, 0.4) is 0 Å². The Kier molecular flexibility index (Phi) is 12.0. The number of thioether (sulfide) groups is 1. The maximum Gasteiger partial charge on any atom is 0.221 e. The van der Waals surface area contributed by atoms with Gasteiger partial charge in [-0.1, -0.05) is 13.8 Å². The van der Waals surface area contributed by atoms with Gasteiger partial charge in [0.1, 0.15) is 0 Å². The molecule has 27 heavy (non-hydrogen) atoms. The van der Waals surface area contributed by atoms with E-state index >= 15 is 0 Å². The predicted octanol–water partition coefficient (Wildman–Crippen LogP) is 2.23. The molecule has 2 saturated heterocycles. The topological polar surface area (TPSA) is 74.0 Å². The molecule has 0 radical (unpaired) electrons. The zero-order valence-corrected chi connectivity index (χ0v) is 20.3. The van der Waals surface area contributed by atoms with E-state index in [0.717, 1.165) is 71.0 Å². The molecule has 0 aromatic carbocycles. The van der Waals surface area contributed by atoms with Gasteiger partial charge in [-0.15, -0.1) is 24.0 Å². The number of hydrogen-bond donors (Lipinski definition) is 2. The quantitative estimate of drug-likeness (QED) is 0.238. The Morgan fingerprint density at radius 3 is 2.78 bits per heavy atom. The van der Waals surface area contributed by atoms with Crippen LogP contribution in [0.1, 0.15) is 40.0 Å². The summed E-state index contributed by atoms with van der Waals surface area (Å²) < 4.78 is 0. The van der Waals surface area contributed by atoms with Gasteiger partial charge in [-0.25, -0.2) is 0 Å².